The number of halogens is 3. The number of anilines is 1. The van der Waals surface area contributed by atoms with Gasteiger partial charge in [0.1, 0.15) is 17.4 Å². The fourth-order valence-corrected chi connectivity index (χ4v) is 3.61. The number of carbonyl (C=O) groups is 1. The van der Waals surface area contributed by atoms with Gasteiger partial charge in [0, 0.05) is 31.0 Å². The van der Waals surface area contributed by atoms with Gasteiger partial charge in [-0.25, -0.2) is 8.78 Å². The maximum absolute atomic E-state index is 14.0. The van der Waals surface area contributed by atoms with E-state index in [0.29, 0.717) is 18.5 Å². The monoisotopic (exact) mass is 329 g/mol. The zero-order chi connectivity index (χ0) is 13.6. The smallest absolute Gasteiger partial charge is 0.149 e. The van der Waals surface area contributed by atoms with Crippen LogP contribution in [0.2, 0.25) is 0 Å². The first-order chi connectivity index (χ1) is 9.06. The Morgan fingerprint density at radius 2 is 1.74 bits per heavy atom. The Morgan fingerprint density at radius 1 is 1.11 bits per heavy atom. The Morgan fingerprint density at radius 3 is 2.37 bits per heavy atom. The van der Waals surface area contributed by atoms with Gasteiger partial charge in [0.2, 0.25) is 0 Å². The van der Waals surface area contributed by atoms with Gasteiger partial charge in [-0.2, -0.15) is 0 Å². The second kappa shape index (κ2) is 4.85. The largest absolute Gasteiger partial charge is 0.362 e. The summed E-state index contributed by atoms with van der Waals surface area (Å²) in [5.41, 5.74) is 0.412. The Kier molecular flexibility index (Phi) is 3.33. The number of ketones is 1. The molecule has 0 saturated carbocycles. The van der Waals surface area contributed by atoms with E-state index in [0.717, 1.165) is 25.3 Å². The summed E-state index contributed by atoms with van der Waals surface area (Å²) in [7, 11) is 0. The Labute approximate surface area is 118 Å². The van der Waals surface area contributed by atoms with Crippen molar-refractivity contribution in [1.82, 2.24) is 0 Å². The van der Waals surface area contributed by atoms with Gasteiger partial charge in [0.25, 0.3) is 0 Å². The molecule has 1 aromatic rings. The summed E-state index contributed by atoms with van der Waals surface area (Å²) >= 11 is 3.10. The number of hydrogen-bond acceptors (Lipinski definition) is 2. The summed E-state index contributed by atoms with van der Waals surface area (Å²) in [6.45, 7) is 0. The van der Waals surface area contributed by atoms with Crippen LogP contribution in [0.15, 0.2) is 16.6 Å². The lowest BCUT2D eigenvalue weighted by molar-refractivity contribution is -0.121. The molecular weight excluding hydrogens is 316 g/mol. The minimum absolute atomic E-state index is 0.0619. The molecule has 2 fully saturated rings. The maximum Gasteiger partial charge on any atom is 0.149 e. The second-order valence-electron chi connectivity index (χ2n) is 5.31. The van der Waals surface area contributed by atoms with E-state index in [1.807, 2.05) is 4.90 Å². The predicted molar refractivity (Wildman–Crippen MR) is 72.2 cm³/mol. The first-order valence-electron chi connectivity index (χ1n) is 6.51. The molecule has 5 heteroatoms. The van der Waals surface area contributed by atoms with Gasteiger partial charge in [0.05, 0.1) is 10.2 Å². The first kappa shape index (κ1) is 13.0. The van der Waals surface area contributed by atoms with Crippen LogP contribution < -0.4 is 4.90 Å². The Bertz CT molecular complexity index is 518. The number of fused-ring (bicyclic) bond motifs is 2. The lowest BCUT2D eigenvalue weighted by Crippen LogP contribution is -2.53. The van der Waals surface area contributed by atoms with E-state index in [4.69, 9.17) is 0 Å². The fraction of sp³-hybridized carbons (Fsp3) is 0.500. The topological polar surface area (TPSA) is 20.3 Å². The van der Waals surface area contributed by atoms with Crippen LogP contribution in [0.25, 0.3) is 0 Å². The number of Topliss-reactive ketones (excluding diaryl/α,β-unsaturated/α-hetero) is 1. The number of hydrogen-bond donors (Lipinski definition) is 0. The van der Waals surface area contributed by atoms with E-state index in [2.05, 4.69) is 15.9 Å². The quantitative estimate of drug-likeness (QED) is 0.730. The highest BCUT2D eigenvalue weighted by atomic mass is 79.9. The van der Waals surface area contributed by atoms with Crippen molar-refractivity contribution in [2.75, 3.05) is 4.90 Å². The van der Waals surface area contributed by atoms with Crippen LogP contribution in [0.3, 0.4) is 0 Å². The van der Waals surface area contributed by atoms with Crippen LogP contribution in [-0.4, -0.2) is 17.9 Å². The van der Waals surface area contributed by atoms with Crippen molar-refractivity contribution in [3.63, 3.8) is 0 Å². The molecule has 0 aromatic heterocycles. The van der Waals surface area contributed by atoms with Crippen molar-refractivity contribution in [1.29, 1.82) is 0 Å². The van der Waals surface area contributed by atoms with Gasteiger partial charge in [0.15, 0.2) is 0 Å². The number of benzene rings is 1. The molecule has 0 aliphatic carbocycles. The van der Waals surface area contributed by atoms with E-state index in [1.54, 1.807) is 0 Å². The van der Waals surface area contributed by atoms with Crippen LogP contribution in [0.5, 0.6) is 0 Å². The Hall–Kier alpha value is -0.970. The van der Waals surface area contributed by atoms with Gasteiger partial charge in [-0.1, -0.05) is 0 Å². The van der Waals surface area contributed by atoms with E-state index >= 15 is 0 Å². The molecule has 0 radical (unpaired) electrons. The van der Waals surface area contributed by atoms with Crippen molar-refractivity contribution >= 4 is 27.4 Å². The molecule has 0 amide bonds. The van der Waals surface area contributed by atoms with E-state index < -0.39 is 11.6 Å². The fourth-order valence-electron chi connectivity index (χ4n) is 3.28. The van der Waals surface area contributed by atoms with E-state index in [1.165, 1.54) is 6.07 Å². The molecule has 102 valence electrons. The number of rotatable bonds is 1. The van der Waals surface area contributed by atoms with Gasteiger partial charge in [-0.3, -0.25) is 4.79 Å². The Balaban J connectivity index is 2.01. The number of carbonyl (C=O) groups excluding carboxylic acids is 1. The molecule has 2 aliphatic rings. The average Bonchev–Trinajstić information content (AvgIpc) is 2.33. The molecule has 1 aromatic carbocycles. The number of piperidine rings is 2. The minimum Gasteiger partial charge on any atom is -0.362 e. The first-order valence-corrected chi connectivity index (χ1v) is 7.30. The summed E-state index contributed by atoms with van der Waals surface area (Å²) in [4.78, 5) is 13.7. The zero-order valence-electron chi connectivity index (χ0n) is 10.3. The molecule has 0 N–H and O–H groups in total. The lowest BCUT2D eigenvalue weighted by atomic mass is 9.83. The summed E-state index contributed by atoms with van der Waals surface area (Å²) in [6.07, 6.45) is 3.83. The van der Waals surface area contributed by atoms with E-state index in [9.17, 15) is 13.6 Å². The van der Waals surface area contributed by atoms with Gasteiger partial charge in [-0.15, -0.1) is 0 Å². The third kappa shape index (κ3) is 2.29. The summed E-state index contributed by atoms with van der Waals surface area (Å²) < 4.78 is 27.6. The highest BCUT2D eigenvalue weighted by molar-refractivity contribution is 9.10. The van der Waals surface area contributed by atoms with Crippen LogP contribution in [-0.2, 0) is 4.79 Å². The minimum atomic E-state index is -0.598. The molecule has 2 nitrogen and oxygen atoms in total. The molecule has 19 heavy (non-hydrogen) atoms. The number of nitrogens with zero attached hydrogens (tertiary/aromatic N) is 1. The summed E-state index contributed by atoms with van der Waals surface area (Å²) in [5, 5.41) is 0. The van der Waals surface area contributed by atoms with Crippen molar-refractivity contribution in [3.8, 4) is 0 Å². The molecular formula is C14H14BrF2NO. The maximum atomic E-state index is 14.0. The lowest BCUT2D eigenvalue weighted by Gasteiger charge is -2.47. The highest BCUT2D eigenvalue weighted by Crippen LogP contribution is 2.38. The molecule has 2 aliphatic heterocycles. The van der Waals surface area contributed by atoms with Crippen molar-refractivity contribution in [2.24, 2.45) is 0 Å². The second-order valence-corrected chi connectivity index (χ2v) is 6.16. The SMILES string of the molecule is O=C1CC2CCCC(C1)N2c1cc(Br)c(F)cc1F. The van der Waals surface area contributed by atoms with Crippen LogP contribution >= 0.6 is 15.9 Å². The predicted octanol–water partition coefficient (Wildman–Crippen LogP) is 3.82. The molecule has 3 rings (SSSR count). The third-order valence-electron chi connectivity index (χ3n) is 4.06. The molecule has 2 atom stereocenters. The average molecular weight is 330 g/mol. The van der Waals surface area contributed by atoms with E-state index in [-0.39, 0.29) is 22.3 Å². The molecule has 0 spiro atoms. The van der Waals surface area contributed by atoms with Crippen molar-refractivity contribution in [2.45, 2.75) is 44.2 Å². The van der Waals surface area contributed by atoms with Gasteiger partial charge >= 0.3 is 0 Å². The normalized spacial score (nSPS) is 26.7. The molecule has 2 heterocycles. The third-order valence-corrected chi connectivity index (χ3v) is 4.66. The van der Waals surface area contributed by atoms with Crippen LogP contribution in [0.1, 0.15) is 32.1 Å². The van der Waals surface area contributed by atoms with Gasteiger partial charge in [-0.05, 0) is 41.3 Å². The molecule has 2 unspecified atom stereocenters. The molecule has 2 saturated heterocycles. The standard InChI is InChI=1S/C14H14BrF2NO/c15-11-6-14(13(17)7-12(11)16)18-8-2-1-3-9(18)5-10(19)4-8/h6-9H,1-5H2. The van der Waals surface area contributed by atoms with Gasteiger partial charge < -0.3 is 4.90 Å². The summed E-state index contributed by atoms with van der Waals surface area (Å²) in [5.74, 6) is -0.890. The van der Waals surface area contributed by atoms with Crippen LogP contribution in [0, 0.1) is 11.6 Å². The van der Waals surface area contributed by atoms with Crippen LogP contribution in [0.4, 0.5) is 14.5 Å². The molecule has 2 bridgehead atoms. The zero-order valence-corrected chi connectivity index (χ0v) is 11.9. The highest BCUT2D eigenvalue weighted by Gasteiger charge is 2.38. The van der Waals surface area contributed by atoms with Crippen molar-refractivity contribution in [3.05, 3.63) is 28.2 Å². The van der Waals surface area contributed by atoms with Crippen molar-refractivity contribution < 1.29 is 13.6 Å². The summed E-state index contributed by atoms with van der Waals surface area (Å²) in [6, 6.07) is 2.52.